The number of likely N-dealkylation sites (tertiary alicyclic amines) is 1. The fraction of sp³-hybridized carbons (Fsp3) is 0.556. The Kier molecular flexibility index (Phi) is 4.49. The lowest BCUT2D eigenvalue weighted by atomic mass is 9.91. The minimum Gasteiger partial charge on any atom is -0.483 e. The smallest absolute Gasteiger partial charge is 0.239 e. The number of carbonyl (C=O) groups excluding carboxylic acids is 2. The van der Waals surface area contributed by atoms with Crippen LogP contribution in [0.4, 0.5) is 0 Å². The van der Waals surface area contributed by atoms with Crippen molar-refractivity contribution in [3.05, 3.63) is 29.8 Å². The lowest BCUT2D eigenvalue weighted by Gasteiger charge is -2.44. The summed E-state index contributed by atoms with van der Waals surface area (Å²) in [4.78, 5) is 28.0. The molecule has 0 unspecified atom stereocenters. The molecule has 3 rings (SSSR count). The van der Waals surface area contributed by atoms with Crippen molar-refractivity contribution in [2.75, 3.05) is 19.6 Å². The van der Waals surface area contributed by atoms with Gasteiger partial charge in [-0.15, -0.1) is 0 Å². The maximum absolute atomic E-state index is 12.3. The van der Waals surface area contributed by atoms with Crippen LogP contribution in [-0.2, 0) is 16.1 Å². The summed E-state index contributed by atoms with van der Waals surface area (Å²) in [6, 6.07) is 7.28. The number of benzene rings is 1. The van der Waals surface area contributed by atoms with Crippen LogP contribution in [0, 0.1) is 0 Å². The molecule has 0 aromatic heterocycles. The van der Waals surface area contributed by atoms with Crippen LogP contribution in [-0.4, -0.2) is 52.9 Å². The number of rotatable bonds is 1. The van der Waals surface area contributed by atoms with Gasteiger partial charge in [0.15, 0.2) is 0 Å². The van der Waals surface area contributed by atoms with Gasteiger partial charge in [-0.1, -0.05) is 18.2 Å². The van der Waals surface area contributed by atoms with Crippen molar-refractivity contribution in [1.82, 2.24) is 9.80 Å². The Bertz CT molecular complexity index is 646. The van der Waals surface area contributed by atoms with E-state index in [0.717, 1.165) is 24.2 Å². The van der Waals surface area contributed by atoms with E-state index in [1.54, 1.807) is 18.7 Å². The highest BCUT2D eigenvalue weighted by molar-refractivity contribution is 5.81. The molecule has 1 aromatic carbocycles. The first-order valence-corrected chi connectivity index (χ1v) is 8.47. The third-order valence-electron chi connectivity index (χ3n) is 4.83. The van der Waals surface area contributed by atoms with E-state index in [1.165, 1.54) is 0 Å². The molecule has 1 saturated heterocycles. The molecule has 2 aliphatic heterocycles. The fourth-order valence-electron chi connectivity index (χ4n) is 3.62. The SMILES string of the molecule is CC(=O)N1Cc2ccccc2O[C@@]2(CCCN(C(=O)[C@H](C)N)C2)C1. The summed E-state index contributed by atoms with van der Waals surface area (Å²) < 4.78 is 6.40. The molecule has 2 atom stereocenters. The van der Waals surface area contributed by atoms with Crippen LogP contribution in [0.2, 0.25) is 0 Å². The maximum atomic E-state index is 12.3. The quantitative estimate of drug-likeness (QED) is 0.837. The molecule has 0 bridgehead atoms. The molecule has 2 N–H and O–H groups in total. The lowest BCUT2D eigenvalue weighted by molar-refractivity contribution is -0.140. The highest BCUT2D eigenvalue weighted by Gasteiger charge is 2.43. The highest BCUT2D eigenvalue weighted by atomic mass is 16.5. The van der Waals surface area contributed by atoms with E-state index in [4.69, 9.17) is 10.5 Å². The molecule has 2 amide bonds. The summed E-state index contributed by atoms with van der Waals surface area (Å²) in [5, 5.41) is 0. The van der Waals surface area contributed by atoms with E-state index in [9.17, 15) is 9.59 Å². The average Bonchev–Trinajstić information content (AvgIpc) is 2.70. The minimum atomic E-state index is -0.568. The van der Waals surface area contributed by atoms with Crippen LogP contribution < -0.4 is 10.5 Å². The molecule has 0 aliphatic carbocycles. The molecule has 1 spiro atoms. The topological polar surface area (TPSA) is 75.9 Å². The molecule has 2 heterocycles. The summed E-state index contributed by atoms with van der Waals surface area (Å²) in [5.41, 5.74) is 6.20. The van der Waals surface area contributed by atoms with Gasteiger partial charge in [0.2, 0.25) is 11.8 Å². The Morgan fingerprint density at radius 2 is 1.96 bits per heavy atom. The molecule has 2 aliphatic rings. The summed E-state index contributed by atoms with van der Waals surface area (Å²) in [6.45, 7) is 5.46. The summed E-state index contributed by atoms with van der Waals surface area (Å²) >= 11 is 0. The van der Waals surface area contributed by atoms with Gasteiger partial charge in [0.25, 0.3) is 0 Å². The Balaban J connectivity index is 1.92. The molecule has 1 fully saturated rings. The van der Waals surface area contributed by atoms with Crippen molar-refractivity contribution in [2.45, 2.75) is 44.9 Å². The van der Waals surface area contributed by atoms with Crippen molar-refractivity contribution in [1.29, 1.82) is 0 Å². The van der Waals surface area contributed by atoms with Gasteiger partial charge in [0.1, 0.15) is 11.4 Å². The molecule has 130 valence electrons. The second-order valence-electron chi connectivity index (χ2n) is 6.92. The number of amides is 2. The van der Waals surface area contributed by atoms with Crippen molar-refractivity contribution in [2.24, 2.45) is 5.73 Å². The molecule has 24 heavy (non-hydrogen) atoms. The Hall–Kier alpha value is -2.08. The number of carbonyl (C=O) groups is 2. The zero-order chi connectivity index (χ0) is 17.3. The molecular formula is C18H25N3O3. The average molecular weight is 331 g/mol. The second-order valence-corrected chi connectivity index (χ2v) is 6.92. The third kappa shape index (κ3) is 3.24. The third-order valence-corrected chi connectivity index (χ3v) is 4.83. The summed E-state index contributed by atoms with van der Waals surface area (Å²) in [7, 11) is 0. The number of nitrogens with zero attached hydrogens (tertiary/aromatic N) is 2. The molecular weight excluding hydrogens is 306 g/mol. The summed E-state index contributed by atoms with van der Waals surface area (Å²) in [6.07, 6.45) is 1.65. The van der Waals surface area contributed by atoms with Gasteiger partial charge in [0, 0.05) is 25.6 Å². The first kappa shape index (κ1) is 16.8. The Morgan fingerprint density at radius 1 is 1.25 bits per heavy atom. The maximum Gasteiger partial charge on any atom is 0.239 e. The highest BCUT2D eigenvalue weighted by Crippen LogP contribution is 2.34. The van der Waals surface area contributed by atoms with Crippen molar-refractivity contribution >= 4 is 11.8 Å². The van der Waals surface area contributed by atoms with E-state index >= 15 is 0 Å². The van der Waals surface area contributed by atoms with Gasteiger partial charge in [-0.3, -0.25) is 9.59 Å². The monoisotopic (exact) mass is 331 g/mol. The number of hydrogen-bond donors (Lipinski definition) is 1. The fourth-order valence-corrected chi connectivity index (χ4v) is 3.62. The van der Waals surface area contributed by atoms with Crippen LogP contribution in [0.25, 0.3) is 0 Å². The van der Waals surface area contributed by atoms with Gasteiger partial charge >= 0.3 is 0 Å². The first-order chi connectivity index (χ1) is 11.4. The van der Waals surface area contributed by atoms with Crippen LogP contribution in [0.5, 0.6) is 5.75 Å². The van der Waals surface area contributed by atoms with E-state index in [1.807, 2.05) is 29.2 Å². The number of nitrogens with two attached hydrogens (primary N) is 1. The number of para-hydroxylation sites is 1. The van der Waals surface area contributed by atoms with E-state index < -0.39 is 11.6 Å². The Labute approximate surface area is 142 Å². The molecule has 1 aromatic rings. The van der Waals surface area contributed by atoms with Gasteiger partial charge in [0.05, 0.1) is 19.1 Å². The second kappa shape index (κ2) is 6.43. The van der Waals surface area contributed by atoms with Crippen molar-refractivity contribution < 1.29 is 14.3 Å². The largest absolute Gasteiger partial charge is 0.483 e. The number of ether oxygens (including phenoxy) is 1. The number of piperidine rings is 1. The van der Waals surface area contributed by atoms with Gasteiger partial charge in [-0.05, 0) is 25.8 Å². The van der Waals surface area contributed by atoms with Crippen LogP contribution in [0.15, 0.2) is 24.3 Å². The van der Waals surface area contributed by atoms with E-state index in [-0.39, 0.29) is 11.8 Å². The Morgan fingerprint density at radius 3 is 2.67 bits per heavy atom. The zero-order valence-corrected chi connectivity index (χ0v) is 14.3. The van der Waals surface area contributed by atoms with Crippen LogP contribution >= 0.6 is 0 Å². The van der Waals surface area contributed by atoms with Crippen molar-refractivity contribution in [3.63, 3.8) is 0 Å². The normalized spacial score (nSPS) is 24.8. The molecule has 6 heteroatoms. The molecule has 6 nitrogen and oxygen atoms in total. The number of fused-ring (bicyclic) bond motifs is 1. The molecule has 0 saturated carbocycles. The number of hydrogen-bond acceptors (Lipinski definition) is 4. The van der Waals surface area contributed by atoms with E-state index in [2.05, 4.69) is 0 Å². The van der Waals surface area contributed by atoms with Gasteiger partial charge in [-0.25, -0.2) is 0 Å². The van der Waals surface area contributed by atoms with Gasteiger partial charge in [-0.2, -0.15) is 0 Å². The van der Waals surface area contributed by atoms with Crippen LogP contribution in [0.1, 0.15) is 32.3 Å². The van der Waals surface area contributed by atoms with Gasteiger partial charge < -0.3 is 20.3 Å². The summed E-state index contributed by atoms with van der Waals surface area (Å²) in [5.74, 6) is 0.756. The predicted molar refractivity (Wildman–Crippen MR) is 90.4 cm³/mol. The first-order valence-electron chi connectivity index (χ1n) is 8.47. The van der Waals surface area contributed by atoms with E-state index in [0.29, 0.717) is 26.2 Å². The van der Waals surface area contributed by atoms with Crippen molar-refractivity contribution in [3.8, 4) is 5.75 Å². The standard InChI is InChI=1S/C18H25N3O3/c1-13(19)17(23)20-9-5-8-18(11-20)12-21(14(2)22)10-15-6-3-4-7-16(15)24-18/h3-4,6-7,13H,5,8-12,19H2,1-2H3/t13-,18+/m0/s1. The predicted octanol–water partition coefficient (Wildman–Crippen LogP) is 1.14. The minimum absolute atomic E-state index is 0.0188. The zero-order valence-electron chi connectivity index (χ0n) is 14.3. The molecule has 0 radical (unpaired) electrons. The van der Waals surface area contributed by atoms with Crippen LogP contribution in [0.3, 0.4) is 0 Å². The lowest BCUT2D eigenvalue weighted by Crippen LogP contribution is -2.60.